The Morgan fingerprint density at radius 1 is 0.917 bits per heavy atom. The van der Waals surface area contributed by atoms with Crippen molar-refractivity contribution in [3.63, 3.8) is 0 Å². The van der Waals surface area contributed by atoms with Crippen LogP contribution in [-0.4, -0.2) is 18.7 Å². The lowest BCUT2D eigenvalue weighted by atomic mass is 9.98. The molecule has 0 saturated carbocycles. The van der Waals surface area contributed by atoms with E-state index >= 15 is 0 Å². The van der Waals surface area contributed by atoms with Crippen LogP contribution < -0.4 is 26.5 Å². The van der Waals surface area contributed by atoms with Crippen molar-refractivity contribution >= 4 is 34.4 Å². The quantitative estimate of drug-likeness (QED) is 0.320. The Labute approximate surface area is 210 Å². The molecule has 0 aliphatic carbocycles. The molecule has 1 amide bonds. The van der Waals surface area contributed by atoms with Crippen LogP contribution in [0.2, 0.25) is 0 Å². The highest BCUT2D eigenvalue weighted by Crippen LogP contribution is 2.37. The molecule has 7 heteroatoms. The number of hydrogen-bond donors (Lipinski definition) is 3. The molecule has 0 aromatic heterocycles. The van der Waals surface area contributed by atoms with Crippen LogP contribution in [0.3, 0.4) is 0 Å². The molecule has 36 heavy (non-hydrogen) atoms. The number of anilines is 4. The lowest BCUT2D eigenvalue weighted by Crippen LogP contribution is -2.18. The highest BCUT2D eigenvalue weighted by Gasteiger charge is 2.30. The summed E-state index contributed by atoms with van der Waals surface area (Å²) in [5.74, 6) is 0.547. The Morgan fingerprint density at radius 3 is 2.22 bits per heavy atom. The van der Waals surface area contributed by atoms with Crippen molar-refractivity contribution in [3.05, 3.63) is 114 Å². The van der Waals surface area contributed by atoms with Crippen LogP contribution in [0.15, 0.2) is 102 Å². The van der Waals surface area contributed by atoms with Gasteiger partial charge in [0.2, 0.25) is 0 Å². The Balaban J connectivity index is 1.38. The number of hydrogen-bond acceptors (Lipinski definition) is 6. The molecular weight excluding hydrogens is 450 g/mol. The van der Waals surface area contributed by atoms with Gasteiger partial charge < -0.3 is 21.5 Å². The lowest BCUT2D eigenvalue weighted by Gasteiger charge is -2.24. The van der Waals surface area contributed by atoms with Crippen LogP contribution in [0, 0.1) is 0 Å². The van der Waals surface area contributed by atoms with Gasteiger partial charge in [-0.15, -0.1) is 0 Å². The number of nitrogens with zero attached hydrogens (tertiary/aromatic N) is 2. The maximum Gasteiger partial charge on any atom is 0.255 e. The van der Waals surface area contributed by atoms with Gasteiger partial charge in [0.05, 0.1) is 24.6 Å². The molecule has 4 aromatic rings. The number of ether oxygens (including phenoxy) is 1. The zero-order valence-electron chi connectivity index (χ0n) is 19.9. The van der Waals surface area contributed by atoms with E-state index in [1.54, 1.807) is 25.3 Å². The first-order valence-corrected chi connectivity index (χ1v) is 11.6. The highest BCUT2D eigenvalue weighted by molar-refractivity contribution is 6.05. The predicted molar refractivity (Wildman–Crippen MR) is 145 cm³/mol. The van der Waals surface area contributed by atoms with Gasteiger partial charge in [-0.3, -0.25) is 9.80 Å². The van der Waals surface area contributed by atoms with Gasteiger partial charge in [-0.05, 0) is 77.9 Å². The summed E-state index contributed by atoms with van der Waals surface area (Å²) in [6, 6.07) is 30.8. The van der Waals surface area contributed by atoms with E-state index in [1.165, 1.54) is 0 Å². The summed E-state index contributed by atoms with van der Waals surface area (Å²) in [5.41, 5.74) is 17.8. The largest absolute Gasteiger partial charge is 0.497 e. The van der Waals surface area contributed by atoms with Gasteiger partial charge in [0.25, 0.3) is 5.91 Å². The molecule has 1 aliphatic rings. The molecule has 4 aromatic carbocycles. The molecule has 0 bridgehead atoms. The van der Waals surface area contributed by atoms with E-state index in [2.05, 4.69) is 22.5 Å². The third-order valence-corrected chi connectivity index (χ3v) is 6.15. The molecule has 0 saturated heterocycles. The van der Waals surface area contributed by atoms with Crippen LogP contribution >= 0.6 is 0 Å². The zero-order chi connectivity index (χ0) is 25.1. The van der Waals surface area contributed by atoms with Gasteiger partial charge in [0.15, 0.2) is 0 Å². The van der Waals surface area contributed by atoms with Crippen molar-refractivity contribution in [3.8, 4) is 5.75 Å². The summed E-state index contributed by atoms with van der Waals surface area (Å²) in [6.07, 6.45) is 0.746. The van der Waals surface area contributed by atoms with Gasteiger partial charge in [0.1, 0.15) is 5.75 Å². The minimum absolute atomic E-state index is 0.0166. The van der Waals surface area contributed by atoms with Gasteiger partial charge >= 0.3 is 0 Å². The number of amides is 1. The molecule has 0 radical (unpaired) electrons. The Bertz CT molecular complexity index is 1380. The number of nitrogen functional groups attached to an aromatic ring is 2. The van der Waals surface area contributed by atoms with E-state index < -0.39 is 0 Å². The molecule has 0 spiro atoms. The second-order valence-electron chi connectivity index (χ2n) is 8.64. The standard InChI is InChI=1S/C29H27N5O2/c1-36-26-13-9-19(10-14-26)27-18-28(34(33-27)25-5-3-2-4-6-25)20-7-11-24(12-8-20)32-29(35)21-15-22(30)17-23(31)16-21/h2-17,28H,18,30-31H2,1H3,(H,32,35). The van der Waals surface area contributed by atoms with Crippen molar-refractivity contribution < 1.29 is 9.53 Å². The second-order valence-corrected chi connectivity index (χ2v) is 8.64. The van der Waals surface area contributed by atoms with E-state index in [4.69, 9.17) is 21.3 Å². The molecule has 1 heterocycles. The fourth-order valence-electron chi connectivity index (χ4n) is 4.35. The van der Waals surface area contributed by atoms with Crippen LogP contribution in [0.1, 0.15) is 33.9 Å². The normalized spacial score (nSPS) is 14.9. The predicted octanol–water partition coefficient (Wildman–Crippen LogP) is 5.47. The van der Waals surface area contributed by atoms with E-state index in [0.29, 0.717) is 22.6 Å². The Hall–Kier alpha value is -4.78. The van der Waals surface area contributed by atoms with Crippen molar-refractivity contribution in [1.29, 1.82) is 0 Å². The van der Waals surface area contributed by atoms with Gasteiger partial charge in [-0.25, -0.2) is 0 Å². The minimum Gasteiger partial charge on any atom is -0.497 e. The molecule has 1 aliphatic heterocycles. The van der Waals surface area contributed by atoms with Crippen molar-refractivity contribution in [2.45, 2.75) is 12.5 Å². The van der Waals surface area contributed by atoms with Crippen LogP contribution in [0.5, 0.6) is 5.75 Å². The van der Waals surface area contributed by atoms with Crippen LogP contribution in [0.4, 0.5) is 22.7 Å². The minimum atomic E-state index is -0.265. The van der Waals surface area contributed by atoms with Crippen molar-refractivity contribution in [2.75, 3.05) is 28.9 Å². The average Bonchev–Trinajstić information content (AvgIpc) is 3.35. The maximum absolute atomic E-state index is 12.7. The summed E-state index contributed by atoms with van der Waals surface area (Å²) in [7, 11) is 1.66. The fourth-order valence-corrected chi connectivity index (χ4v) is 4.35. The number of benzene rings is 4. The molecule has 0 fully saturated rings. The van der Waals surface area contributed by atoms with Gasteiger partial charge in [-0.2, -0.15) is 5.10 Å². The van der Waals surface area contributed by atoms with E-state index in [-0.39, 0.29) is 11.9 Å². The number of carbonyl (C=O) groups is 1. The molecule has 5 N–H and O–H groups in total. The molecule has 180 valence electrons. The summed E-state index contributed by atoms with van der Waals surface area (Å²) in [5, 5.41) is 9.96. The first-order valence-electron chi connectivity index (χ1n) is 11.6. The summed E-state index contributed by atoms with van der Waals surface area (Å²) >= 11 is 0. The first kappa shape index (κ1) is 23.0. The fraction of sp³-hybridized carbons (Fsp3) is 0.103. The third kappa shape index (κ3) is 4.86. The Morgan fingerprint density at radius 2 is 1.58 bits per heavy atom. The van der Waals surface area contributed by atoms with Gasteiger partial charge in [0, 0.05) is 29.0 Å². The highest BCUT2D eigenvalue weighted by atomic mass is 16.5. The molecule has 1 unspecified atom stereocenters. The zero-order valence-corrected chi connectivity index (χ0v) is 19.9. The number of nitrogens with two attached hydrogens (primary N) is 2. The number of rotatable bonds is 6. The molecule has 5 rings (SSSR count). The first-order chi connectivity index (χ1) is 17.5. The number of nitrogens with one attached hydrogen (secondary N) is 1. The average molecular weight is 478 g/mol. The van der Waals surface area contributed by atoms with Crippen LogP contribution in [-0.2, 0) is 0 Å². The van der Waals surface area contributed by atoms with Crippen LogP contribution in [0.25, 0.3) is 0 Å². The van der Waals surface area contributed by atoms with Crippen molar-refractivity contribution in [2.24, 2.45) is 5.10 Å². The summed E-state index contributed by atoms with van der Waals surface area (Å²) in [4.78, 5) is 12.7. The topological polar surface area (TPSA) is 106 Å². The monoisotopic (exact) mass is 477 g/mol. The van der Waals surface area contributed by atoms with E-state index in [9.17, 15) is 4.79 Å². The van der Waals surface area contributed by atoms with Crippen molar-refractivity contribution in [1.82, 2.24) is 0 Å². The molecule has 1 atom stereocenters. The van der Waals surface area contributed by atoms with E-state index in [1.807, 2.05) is 66.7 Å². The summed E-state index contributed by atoms with van der Waals surface area (Å²) in [6.45, 7) is 0. The number of para-hydroxylation sites is 1. The van der Waals surface area contributed by atoms with Gasteiger partial charge in [-0.1, -0.05) is 30.3 Å². The smallest absolute Gasteiger partial charge is 0.255 e. The number of carbonyl (C=O) groups excluding carboxylic acids is 1. The lowest BCUT2D eigenvalue weighted by molar-refractivity contribution is 0.102. The summed E-state index contributed by atoms with van der Waals surface area (Å²) < 4.78 is 5.30. The Kier molecular flexibility index (Phi) is 6.28. The second kappa shape index (κ2) is 9.84. The number of methoxy groups -OCH3 is 1. The third-order valence-electron chi connectivity index (χ3n) is 6.15. The maximum atomic E-state index is 12.7. The number of hydrazone groups is 1. The SMILES string of the molecule is COc1ccc(C2=NN(c3ccccc3)C(c3ccc(NC(=O)c4cc(N)cc(N)c4)cc3)C2)cc1. The molecular formula is C29H27N5O2. The van der Waals surface area contributed by atoms with E-state index in [0.717, 1.165) is 34.7 Å². The molecule has 7 nitrogen and oxygen atoms in total.